The molecule has 1 heterocycles. The van der Waals surface area contributed by atoms with E-state index in [0.717, 1.165) is 23.7 Å². The summed E-state index contributed by atoms with van der Waals surface area (Å²) >= 11 is 0. The number of pyridine rings is 1. The van der Waals surface area contributed by atoms with Crippen molar-refractivity contribution < 1.29 is 9.53 Å². The van der Waals surface area contributed by atoms with Crippen molar-refractivity contribution in [3.8, 4) is 5.75 Å². The van der Waals surface area contributed by atoms with E-state index in [1.807, 2.05) is 31.2 Å². The summed E-state index contributed by atoms with van der Waals surface area (Å²) in [7, 11) is 0. The van der Waals surface area contributed by atoms with E-state index in [1.165, 1.54) is 12.8 Å². The fraction of sp³-hybridized carbons (Fsp3) is 0.444. The van der Waals surface area contributed by atoms with Gasteiger partial charge in [-0.05, 0) is 25.5 Å². The number of Topliss-reactive ketones (excluding diaryl/α,β-unsaturated/α-hetero) is 1. The normalized spacial score (nSPS) is 10.8. The van der Waals surface area contributed by atoms with E-state index in [4.69, 9.17) is 4.74 Å². The Bertz CT molecular complexity index is 607. The predicted octanol–water partition coefficient (Wildman–Crippen LogP) is 4.79. The molecule has 0 saturated heterocycles. The molecule has 0 aliphatic heterocycles. The number of carbonyl (C=O) groups excluding carboxylic acids is 1. The predicted molar refractivity (Wildman–Crippen MR) is 86.0 cm³/mol. The van der Waals surface area contributed by atoms with E-state index in [-0.39, 0.29) is 5.78 Å². The summed E-state index contributed by atoms with van der Waals surface area (Å²) in [6.07, 6.45) is 6.73. The highest BCUT2D eigenvalue weighted by Crippen LogP contribution is 2.29. The quantitative estimate of drug-likeness (QED) is 0.517. The molecule has 0 saturated carbocycles. The molecule has 0 unspecified atom stereocenters. The first kappa shape index (κ1) is 15.5. The number of hydrogen-bond donors (Lipinski definition) is 0. The van der Waals surface area contributed by atoms with Crippen molar-refractivity contribution in [1.29, 1.82) is 0 Å². The van der Waals surface area contributed by atoms with Gasteiger partial charge in [-0.15, -0.1) is 0 Å². The van der Waals surface area contributed by atoms with Crippen molar-refractivity contribution in [2.24, 2.45) is 0 Å². The molecule has 1 aromatic heterocycles. The molecule has 21 heavy (non-hydrogen) atoms. The van der Waals surface area contributed by atoms with E-state index in [9.17, 15) is 4.79 Å². The van der Waals surface area contributed by atoms with Gasteiger partial charge in [-0.25, -0.2) is 0 Å². The highest BCUT2D eigenvalue weighted by Gasteiger charge is 2.16. The molecule has 112 valence electrons. The number of carbonyl (C=O) groups is 1. The van der Waals surface area contributed by atoms with E-state index in [1.54, 1.807) is 6.20 Å². The van der Waals surface area contributed by atoms with Gasteiger partial charge in [-0.3, -0.25) is 9.78 Å². The second-order valence-corrected chi connectivity index (χ2v) is 5.18. The van der Waals surface area contributed by atoms with Crippen molar-refractivity contribution in [2.75, 3.05) is 6.61 Å². The molecular weight excluding hydrogens is 262 g/mol. The minimum absolute atomic E-state index is 0.155. The lowest BCUT2D eigenvalue weighted by molar-refractivity contribution is 0.0975. The molecule has 0 aliphatic carbocycles. The molecule has 0 amide bonds. The maximum atomic E-state index is 12.4. The molecule has 0 N–H and O–H groups in total. The third kappa shape index (κ3) is 3.81. The van der Waals surface area contributed by atoms with Crippen molar-refractivity contribution in [3.05, 3.63) is 36.0 Å². The first-order valence-electron chi connectivity index (χ1n) is 7.81. The number of ether oxygens (including phenoxy) is 1. The van der Waals surface area contributed by atoms with Gasteiger partial charge < -0.3 is 4.74 Å². The van der Waals surface area contributed by atoms with Crippen LogP contribution in [0, 0.1) is 0 Å². The van der Waals surface area contributed by atoms with Gasteiger partial charge in [0.05, 0.1) is 12.2 Å². The summed E-state index contributed by atoms with van der Waals surface area (Å²) in [5, 5.41) is 1.00. The minimum Gasteiger partial charge on any atom is -0.491 e. The van der Waals surface area contributed by atoms with Crippen LogP contribution < -0.4 is 4.74 Å². The van der Waals surface area contributed by atoms with Crippen LogP contribution in [0.2, 0.25) is 0 Å². The van der Waals surface area contributed by atoms with E-state index >= 15 is 0 Å². The molecule has 1 aromatic carbocycles. The Morgan fingerprint density at radius 3 is 2.76 bits per heavy atom. The number of hydrogen-bond acceptors (Lipinski definition) is 3. The molecule has 0 aliphatic rings. The van der Waals surface area contributed by atoms with Gasteiger partial charge in [0, 0.05) is 18.0 Å². The van der Waals surface area contributed by atoms with Crippen LogP contribution in [0.1, 0.15) is 56.3 Å². The molecule has 3 heteroatoms. The van der Waals surface area contributed by atoms with Gasteiger partial charge in [-0.1, -0.05) is 38.3 Å². The Morgan fingerprint density at radius 1 is 1.14 bits per heavy atom. The molecule has 0 bridgehead atoms. The van der Waals surface area contributed by atoms with Gasteiger partial charge in [0.1, 0.15) is 5.52 Å². The standard InChI is InChI=1S/C18H23NO2/c1-3-5-6-7-10-16(20)15-12-11-14-9-8-13-19-17(14)18(15)21-4-2/h8-9,11-13H,3-7,10H2,1-2H3. The van der Waals surface area contributed by atoms with Crippen LogP contribution in [0.25, 0.3) is 10.9 Å². The van der Waals surface area contributed by atoms with E-state index < -0.39 is 0 Å². The maximum Gasteiger partial charge on any atom is 0.166 e. The summed E-state index contributed by atoms with van der Waals surface area (Å²) in [6.45, 7) is 4.63. The number of ketones is 1. The number of rotatable bonds is 8. The Hall–Kier alpha value is -1.90. The fourth-order valence-electron chi connectivity index (χ4n) is 2.48. The monoisotopic (exact) mass is 285 g/mol. The first-order valence-corrected chi connectivity index (χ1v) is 7.81. The lowest BCUT2D eigenvalue weighted by atomic mass is 10.0. The lowest BCUT2D eigenvalue weighted by Crippen LogP contribution is -2.05. The SMILES string of the molecule is CCCCCCC(=O)c1ccc2cccnc2c1OCC. The smallest absolute Gasteiger partial charge is 0.166 e. The van der Waals surface area contributed by atoms with Gasteiger partial charge >= 0.3 is 0 Å². The Kier molecular flexibility index (Phi) is 5.73. The van der Waals surface area contributed by atoms with Crippen molar-refractivity contribution >= 4 is 16.7 Å². The van der Waals surface area contributed by atoms with Crippen LogP contribution in [0.4, 0.5) is 0 Å². The number of aromatic nitrogens is 1. The van der Waals surface area contributed by atoms with Gasteiger partial charge in [0.15, 0.2) is 11.5 Å². The van der Waals surface area contributed by atoms with Crippen molar-refractivity contribution in [2.45, 2.75) is 46.0 Å². The van der Waals surface area contributed by atoms with E-state index in [0.29, 0.717) is 24.3 Å². The molecule has 2 rings (SSSR count). The van der Waals surface area contributed by atoms with Gasteiger partial charge in [0.25, 0.3) is 0 Å². The summed E-state index contributed by atoms with van der Waals surface area (Å²) in [6, 6.07) is 7.70. The Morgan fingerprint density at radius 2 is 2.00 bits per heavy atom. The van der Waals surface area contributed by atoms with Crippen LogP contribution in [-0.4, -0.2) is 17.4 Å². The average Bonchev–Trinajstić information content (AvgIpc) is 2.52. The van der Waals surface area contributed by atoms with Crippen LogP contribution in [0.3, 0.4) is 0 Å². The van der Waals surface area contributed by atoms with Crippen molar-refractivity contribution in [3.63, 3.8) is 0 Å². The number of benzene rings is 1. The molecule has 0 spiro atoms. The summed E-state index contributed by atoms with van der Waals surface area (Å²) in [5.74, 6) is 0.790. The largest absolute Gasteiger partial charge is 0.491 e. The molecule has 2 aromatic rings. The minimum atomic E-state index is 0.155. The van der Waals surface area contributed by atoms with Crippen LogP contribution in [0.5, 0.6) is 5.75 Å². The van der Waals surface area contributed by atoms with Crippen LogP contribution >= 0.6 is 0 Å². The second kappa shape index (κ2) is 7.77. The highest BCUT2D eigenvalue weighted by atomic mass is 16.5. The second-order valence-electron chi connectivity index (χ2n) is 5.18. The third-order valence-electron chi connectivity index (χ3n) is 3.57. The summed E-state index contributed by atoms with van der Waals surface area (Å²) in [5.41, 5.74) is 1.44. The van der Waals surface area contributed by atoms with Crippen LogP contribution in [-0.2, 0) is 0 Å². The Balaban J connectivity index is 2.25. The van der Waals surface area contributed by atoms with Gasteiger partial charge in [0.2, 0.25) is 0 Å². The summed E-state index contributed by atoms with van der Waals surface area (Å²) < 4.78 is 5.72. The summed E-state index contributed by atoms with van der Waals surface area (Å²) in [4.78, 5) is 16.8. The van der Waals surface area contributed by atoms with Crippen LogP contribution in [0.15, 0.2) is 30.5 Å². The zero-order valence-corrected chi connectivity index (χ0v) is 12.9. The van der Waals surface area contributed by atoms with E-state index in [2.05, 4.69) is 11.9 Å². The highest BCUT2D eigenvalue weighted by molar-refractivity contribution is 6.03. The number of nitrogens with zero attached hydrogens (tertiary/aromatic N) is 1. The zero-order valence-electron chi connectivity index (χ0n) is 12.9. The molecular formula is C18H23NO2. The topological polar surface area (TPSA) is 39.2 Å². The molecule has 0 radical (unpaired) electrons. The maximum absolute atomic E-state index is 12.4. The lowest BCUT2D eigenvalue weighted by Gasteiger charge is -2.12. The first-order chi connectivity index (χ1) is 10.3. The Labute approximate surface area is 126 Å². The molecule has 0 atom stereocenters. The average molecular weight is 285 g/mol. The molecule has 3 nitrogen and oxygen atoms in total. The van der Waals surface area contributed by atoms with Crippen molar-refractivity contribution in [1.82, 2.24) is 4.98 Å². The fourth-order valence-corrected chi connectivity index (χ4v) is 2.48. The zero-order chi connectivity index (χ0) is 15.1. The number of unbranched alkanes of at least 4 members (excludes halogenated alkanes) is 3. The third-order valence-corrected chi connectivity index (χ3v) is 3.57. The number of fused-ring (bicyclic) bond motifs is 1. The van der Waals surface area contributed by atoms with Gasteiger partial charge in [-0.2, -0.15) is 0 Å². The molecule has 0 fully saturated rings.